The quantitative estimate of drug-likeness (QED) is 0.498. The number of aliphatic hydroxyl groups is 1. The van der Waals surface area contributed by atoms with Crippen LogP contribution in [0.25, 0.3) is 10.6 Å². The Morgan fingerprint density at radius 3 is 2.80 bits per heavy atom. The molecule has 1 aliphatic heterocycles. The Balaban J connectivity index is 1.41. The Bertz CT molecular complexity index is 1450. The number of halogens is 2. The zero-order valence-corrected chi connectivity index (χ0v) is 19.4. The number of aromatic nitrogens is 3. The minimum Gasteiger partial charge on any atom is -0.502 e. The number of nitrogens with zero attached hydrogens (tertiary/aromatic N) is 4. The number of pyridine rings is 1. The van der Waals surface area contributed by atoms with Gasteiger partial charge in [-0.15, -0.1) is 10.2 Å². The van der Waals surface area contributed by atoms with Crippen LogP contribution >= 0.6 is 11.3 Å². The van der Waals surface area contributed by atoms with Crippen molar-refractivity contribution >= 4 is 17.2 Å². The number of carbonyl (C=O) groups is 1. The van der Waals surface area contributed by atoms with E-state index in [1.54, 1.807) is 12.1 Å². The van der Waals surface area contributed by atoms with Crippen molar-refractivity contribution in [2.24, 2.45) is 11.3 Å². The van der Waals surface area contributed by atoms with Gasteiger partial charge in [0.25, 0.3) is 5.91 Å². The van der Waals surface area contributed by atoms with Crippen molar-refractivity contribution < 1.29 is 23.8 Å². The Labute approximate surface area is 201 Å². The number of aromatic hydroxyl groups is 1. The summed E-state index contributed by atoms with van der Waals surface area (Å²) in [6, 6.07) is 3.26. The van der Waals surface area contributed by atoms with Gasteiger partial charge in [-0.25, -0.2) is 8.78 Å². The fourth-order valence-corrected chi connectivity index (χ4v) is 6.73. The van der Waals surface area contributed by atoms with E-state index >= 15 is 0 Å². The maximum absolute atomic E-state index is 14.1. The van der Waals surface area contributed by atoms with Gasteiger partial charge in [-0.2, -0.15) is 0 Å². The molecule has 1 amide bonds. The van der Waals surface area contributed by atoms with E-state index in [1.807, 2.05) is 0 Å². The van der Waals surface area contributed by atoms with Crippen molar-refractivity contribution in [2.75, 3.05) is 18.7 Å². The lowest BCUT2D eigenvalue weighted by molar-refractivity contribution is 0.0586. The number of hydrogen-bond donors (Lipinski definition) is 3. The van der Waals surface area contributed by atoms with E-state index in [4.69, 9.17) is 0 Å². The van der Waals surface area contributed by atoms with Crippen LogP contribution in [-0.2, 0) is 6.42 Å². The van der Waals surface area contributed by atoms with Crippen LogP contribution in [0.5, 0.6) is 5.75 Å². The minimum atomic E-state index is -0.846. The van der Waals surface area contributed by atoms with E-state index in [-0.39, 0.29) is 34.9 Å². The summed E-state index contributed by atoms with van der Waals surface area (Å²) in [5.41, 5.74) is -2.03. The van der Waals surface area contributed by atoms with Gasteiger partial charge in [0.05, 0.1) is 12.2 Å². The molecule has 3 aromatic rings. The van der Waals surface area contributed by atoms with Gasteiger partial charge in [0.2, 0.25) is 5.43 Å². The fourth-order valence-electron chi connectivity index (χ4n) is 5.86. The van der Waals surface area contributed by atoms with Crippen molar-refractivity contribution in [3.63, 3.8) is 0 Å². The molecule has 2 aromatic heterocycles. The molecule has 35 heavy (non-hydrogen) atoms. The Kier molecular flexibility index (Phi) is 4.62. The monoisotopic (exact) mass is 501 g/mol. The first-order chi connectivity index (χ1) is 16.7. The molecule has 3 atom stereocenters. The van der Waals surface area contributed by atoms with Gasteiger partial charge in [-0.3, -0.25) is 19.3 Å². The average Bonchev–Trinajstić information content (AvgIpc) is 3.23. The smallest absolute Gasteiger partial charge is 0.275 e. The summed E-state index contributed by atoms with van der Waals surface area (Å²) in [6.07, 6.45) is 3.74. The molecule has 3 heterocycles. The minimum absolute atomic E-state index is 0.0367. The molecule has 3 aliphatic rings. The molecule has 182 valence electrons. The maximum atomic E-state index is 14.1. The summed E-state index contributed by atoms with van der Waals surface area (Å²) in [7, 11) is 1.75. The normalized spacial score (nSPS) is 26.6. The van der Waals surface area contributed by atoms with E-state index in [0.717, 1.165) is 36.3 Å². The molecule has 0 bridgehead atoms. The zero-order chi connectivity index (χ0) is 24.7. The molecular formula is C23H21F2N5O4S. The second kappa shape index (κ2) is 7.31. The van der Waals surface area contributed by atoms with Crippen LogP contribution in [0.15, 0.2) is 29.2 Å². The zero-order valence-electron chi connectivity index (χ0n) is 18.6. The van der Waals surface area contributed by atoms with Gasteiger partial charge in [-0.05, 0) is 36.8 Å². The number of rotatable bonds is 4. The molecule has 0 radical (unpaired) electrons. The lowest BCUT2D eigenvalue weighted by atomic mass is 9.88. The Hall–Kier alpha value is -3.38. The Morgan fingerprint density at radius 1 is 1.29 bits per heavy atom. The van der Waals surface area contributed by atoms with E-state index in [9.17, 15) is 28.6 Å². The molecule has 2 fully saturated rings. The fraction of sp³-hybridized carbons (Fsp3) is 0.391. The Morgan fingerprint density at radius 2 is 2.09 bits per heavy atom. The molecule has 12 heteroatoms. The first-order valence-electron chi connectivity index (χ1n) is 11.1. The predicted octanol–water partition coefficient (Wildman–Crippen LogP) is 1.74. The number of fused-ring (bicyclic) bond motifs is 3. The van der Waals surface area contributed by atoms with Gasteiger partial charge >= 0.3 is 0 Å². The number of amides is 1. The third-order valence-electron chi connectivity index (χ3n) is 7.82. The summed E-state index contributed by atoms with van der Waals surface area (Å²) in [5, 5.41) is 34.3. The lowest BCUT2D eigenvalue weighted by Gasteiger charge is -2.51. The van der Waals surface area contributed by atoms with E-state index < -0.39 is 39.8 Å². The van der Waals surface area contributed by atoms with Crippen molar-refractivity contribution in [1.82, 2.24) is 20.2 Å². The van der Waals surface area contributed by atoms with E-state index in [0.29, 0.717) is 17.3 Å². The number of hydrogen-bond acceptors (Lipinski definition) is 8. The highest BCUT2D eigenvalue weighted by atomic mass is 32.1. The SMILES string of the molecule is CN1n2cc(-c3nnc(Cc4ccc(F)cc4F)s3)c(=O)c(O)c2C(=O)NC12CC[C@@H]1C[C@@]12CO. The van der Waals surface area contributed by atoms with E-state index in [2.05, 4.69) is 15.5 Å². The number of aliphatic hydroxyl groups excluding tert-OH is 1. The van der Waals surface area contributed by atoms with Gasteiger partial charge in [0.1, 0.15) is 22.3 Å². The van der Waals surface area contributed by atoms with Gasteiger partial charge < -0.3 is 15.5 Å². The molecule has 2 aliphatic carbocycles. The van der Waals surface area contributed by atoms with Crippen LogP contribution in [-0.4, -0.2) is 50.3 Å². The van der Waals surface area contributed by atoms with Gasteiger partial charge in [-0.1, -0.05) is 17.4 Å². The highest BCUT2D eigenvalue weighted by Gasteiger charge is 2.73. The van der Waals surface area contributed by atoms with Crippen LogP contribution in [0, 0.1) is 23.0 Å². The van der Waals surface area contributed by atoms with E-state index in [1.165, 1.54) is 16.9 Å². The highest BCUT2D eigenvalue weighted by molar-refractivity contribution is 7.14. The van der Waals surface area contributed by atoms with Gasteiger partial charge in [0.15, 0.2) is 16.5 Å². The predicted molar refractivity (Wildman–Crippen MR) is 122 cm³/mol. The lowest BCUT2D eigenvalue weighted by Crippen LogP contribution is -2.71. The van der Waals surface area contributed by atoms with Crippen molar-refractivity contribution in [2.45, 2.75) is 31.3 Å². The second-order valence-electron chi connectivity index (χ2n) is 9.42. The van der Waals surface area contributed by atoms with Crippen LogP contribution in [0.1, 0.15) is 40.3 Å². The molecular weight excluding hydrogens is 480 g/mol. The molecule has 3 N–H and O–H groups in total. The third-order valence-corrected chi connectivity index (χ3v) is 8.78. The van der Waals surface area contributed by atoms with Crippen LogP contribution in [0.3, 0.4) is 0 Å². The number of nitrogens with one attached hydrogen (secondary N) is 1. The average molecular weight is 502 g/mol. The third kappa shape index (κ3) is 2.92. The number of benzene rings is 1. The second-order valence-corrected chi connectivity index (χ2v) is 10.5. The van der Waals surface area contributed by atoms with Crippen molar-refractivity contribution in [3.05, 3.63) is 62.5 Å². The molecule has 6 rings (SSSR count). The van der Waals surface area contributed by atoms with Gasteiger partial charge in [0, 0.05) is 31.1 Å². The highest BCUT2D eigenvalue weighted by Crippen LogP contribution is 2.68. The molecule has 9 nitrogen and oxygen atoms in total. The molecule has 0 saturated heterocycles. The molecule has 2 saturated carbocycles. The molecule has 1 aromatic carbocycles. The summed E-state index contributed by atoms with van der Waals surface area (Å²) in [5.74, 6) is -2.41. The van der Waals surface area contributed by atoms with Crippen molar-refractivity contribution in [1.29, 1.82) is 0 Å². The largest absolute Gasteiger partial charge is 0.502 e. The number of carbonyl (C=O) groups excluding carboxylic acids is 1. The first kappa shape index (κ1) is 22.1. The van der Waals surface area contributed by atoms with Crippen LogP contribution in [0.4, 0.5) is 8.78 Å². The molecule has 1 spiro atoms. The standard InChI is InChI=1S/C23H21F2N5O4S/c1-29-23(5-4-12-8-22(12,23)10-31)26-20(34)17-19(33)18(32)14(9-30(17)29)21-28-27-16(35-21)6-11-2-3-13(24)7-15(11)25/h2-3,7,9,12,31,33H,4-6,8,10H2,1H3,(H,26,34)/t12-,22-,23?/m1/s1. The van der Waals surface area contributed by atoms with Crippen LogP contribution < -0.4 is 15.8 Å². The summed E-state index contributed by atoms with van der Waals surface area (Å²) < 4.78 is 28.7. The maximum Gasteiger partial charge on any atom is 0.275 e. The summed E-state index contributed by atoms with van der Waals surface area (Å²) in [6.45, 7) is -0.0869. The first-order valence-corrected chi connectivity index (χ1v) is 12.0. The van der Waals surface area contributed by atoms with Crippen molar-refractivity contribution in [3.8, 4) is 16.3 Å². The topological polar surface area (TPSA) is 121 Å². The molecule has 1 unspecified atom stereocenters. The summed E-state index contributed by atoms with van der Waals surface area (Å²) in [4.78, 5) is 26.1. The van der Waals surface area contributed by atoms with Crippen LogP contribution in [0.2, 0.25) is 0 Å². The summed E-state index contributed by atoms with van der Waals surface area (Å²) >= 11 is 1.04.